The van der Waals surface area contributed by atoms with Crippen LogP contribution in [0.15, 0.2) is 12.7 Å². The SMILES string of the molecule is C=CC12CC1CCCO2. The Labute approximate surface area is 55.7 Å². The van der Waals surface area contributed by atoms with Gasteiger partial charge >= 0.3 is 0 Å². The van der Waals surface area contributed by atoms with Gasteiger partial charge in [-0.05, 0) is 25.2 Å². The molecular formula is C8H12O. The summed E-state index contributed by atoms with van der Waals surface area (Å²) in [7, 11) is 0. The van der Waals surface area contributed by atoms with E-state index in [0.717, 1.165) is 12.5 Å². The van der Waals surface area contributed by atoms with E-state index in [1.54, 1.807) is 0 Å². The number of ether oxygens (including phenoxy) is 1. The van der Waals surface area contributed by atoms with Gasteiger partial charge in [0, 0.05) is 6.61 Å². The zero-order chi connectivity index (χ0) is 6.32. The molecule has 0 aromatic carbocycles. The zero-order valence-corrected chi connectivity index (χ0v) is 5.60. The molecule has 2 fully saturated rings. The Hall–Kier alpha value is -0.300. The fourth-order valence-electron chi connectivity index (χ4n) is 1.75. The Balaban J connectivity index is 2.09. The van der Waals surface area contributed by atoms with Crippen molar-refractivity contribution in [3.05, 3.63) is 12.7 Å². The van der Waals surface area contributed by atoms with Crippen LogP contribution in [-0.4, -0.2) is 12.2 Å². The van der Waals surface area contributed by atoms with Crippen LogP contribution in [0.4, 0.5) is 0 Å². The Morgan fingerprint density at radius 1 is 1.67 bits per heavy atom. The van der Waals surface area contributed by atoms with Crippen LogP contribution in [0.1, 0.15) is 19.3 Å². The highest BCUT2D eigenvalue weighted by Crippen LogP contribution is 2.53. The molecule has 50 valence electrons. The molecule has 1 aliphatic heterocycles. The Morgan fingerprint density at radius 2 is 2.56 bits per heavy atom. The Morgan fingerprint density at radius 3 is 3.11 bits per heavy atom. The first-order chi connectivity index (χ1) is 4.37. The van der Waals surface area contributed by atoms with Crippen molar-refractivity contribution in [2.24, 2.45) is 5.92 Å². The number of rotatable bonds is 1. The summed E-state index contributed by atoms with van der Waals surface area (Å²) in [5.41, 5.74) is 0.151. The minimum atomic E-state index is 0.151. The molecule has 1 heteroatoms. The summed E-state index contributed by atoms with van der Waals surface area (Å²) in [6.07, 6.45) is 5.82. The highest BCUT2D eigenvalue weighted by atomic mass is 16.5. The summed E-state index contributed by atoms with van der Waals surface area (Å²) in [6.45, 7) is 4.72. The van der Waals surface area contributed by atoms with E-state index in [-0.39, 0.29) is 5.60 Å². The van der Waals surface area contributed by atoms with Crippen LogP contribution in [0.3, 0.4) is 0 Å². The lowest BCUT2D eigenvalue weighted by Crippen LogP contribution is -2.19. The molecule has 0 amide bonds. The van der Waals surface area contributed by atoms with Crippen molar-refractivity contribution in [3.63, 3.8) is 0 Å². The van der Waals surface area contributed by atoms with E-state index in [1.807, 2.05) is 6.08 Å². The summed E-state index contributed by atoms with van der Waals surface area (Å²) >= 11 is 0. The number of hydrogen-bond acceptors (Lipinski definition) is 1. The minimum Gasteiger partial charge on any atom is -0.371 e. The van der Waals surface area contributed by atoms with Gasteiger partial charge in [0.2, 0.25) is 0 Å². The van der Waals surface area contributed by atoms with Crippen LogP contribution in [0, 0.1) is 5.92 Å². The molecule has 1 saturated heterocycles. The molecule has 0 bridgehead atoms. The minimum absolute atomic E-state index is 0.151. The van der Waals surface area contributed by atoms with E-state index in [9.17, 15) is 0 Å². The van der Waals surface area contributed by atoms with Crippen molar-refractivity contribution >= 4 is 0 Å². The first-order valence-corrected chi connectivity index (χ1v) is 3.65. The first-order valence-electron chi connectivity index (χ1n) is 3.65. The lowest BCUT2D eigenvalue weighted by atomic mass is 10.1. The quantitative estimate of drug-likeness (QED) is 0.484. The molecule has 2 aliphatic rings. The standard InChI is InChI=1S/C8H12O/c1-2-8-6-7(8)4-3-5-9-8/h2,7H,1,3-6H2. The van der Waals surface area contributed by atoms with Gasteiger partial charge in [0.05, 0.1) is 5.60 Å². The van der Waals surface area contributed by atoms with E-state index >= 15 is 0 Å². The average Bonchev–Trinajstić information content (AvgIpc) is 2.62. The summed E-state index contributed by atoms with van der Waals surface area (Å²) < 4.78 is 5.57. The maximum Gasteiger partial charge on any atom is 0.0892 e. The van der Waals surface area contributed by atoms with Crippen LogP contribution in [0.5, 0.6) is 0 Å². The zero-order valence-electron chi connectivity index (χ0n) is 5.60. The predicted octanol–water partition coefficient (Wildman–Crippen LogP) is 1.74. The molecule has 0 aromatic rings. The maximum atomic E-state index is 5.57. The molecule has 1 saturated carbocycles. The third-order valence-corrected chi connectivity index (χ3v) is 2.51. The molecule has 1 aliphatic carbocycles. The lowest BCUT2D eigenvalue weighted by Gasteiger charge is -2.18. The Kier molecular flexibility index (Phi) is 0.974. The van der Waals surface area contributed by atoms with Crippen LogP contribution >= 0.6 is 0 Å². The van der Waals surface area contributed by atoms with Gasteiger partial charge < -0.3 is 4.74 Å². The summed E-state index contributed by atoms with van der Waals surface area (Å²) in [4.78, 5) is 0. The molecular weight excluding hydrogens is 112 g/mol. The highest BCUT2D eigenvalue weighted by Gasteiger charge is 2.54. The van der Waals surface area contributed by atoms with E-state index in [1.165, 1.54) is 19.3 Å². The lowest BCUT2D eigenvalue weighted by molar-refractivity contribution is 0.0284. The van der Waals surface area contributed by atoms with Crippen LogP contribution in [0.2, 0.25) is 0 Å². The third-order valence-electron chi connectivity index (χ3n) is 2.51. The van der Waals surface area contributed by atoms with Crippen molar-refractivity contribution in [1.29, 1.82) is 0 Å². The first kappa shape index (κ1) is 5.48. The van der Waals surface area contributed by atoms with Crippen molar-refractivity contribution in [2.45, 2.75) is 24.9 Å². The van der Waals surface area contributed by atoms with Crippen molar-refractivity contribution in [3.8, 4) is 0 Å². The second-order valence-corrected chi connectivity index (χ2v) is 3.05. The van der Waals surface area contributed by atoms with Gasteiger partial charge in [-0.25, -0.2) is 0 Å². The fourth-order valence-corrected chi connectivity index (χ4v) is 1.75. The molecule has 2 atom stereocenters. The van der Waals surface area contributed by atoms with Gasteiger partial charge in [-0.2, -0.15) is 0 Å². The van der Waals surface area contributed by atoms with E-state index in [0.29, 0.717) is 0 Å². The normalized spacial score (nSPS) is 47.8. The van der Waals surface area contributed by atoms with Gasteiger partial charge in [-0.3, -0.25) is 0 Å². The summed E-state index contributed by atoms with van der Waals surface area (Å²) in [5.74, 6) is 0.823. The maximum absolute atomic E-state index is 5.57. The predicted molar refractivity (Wildman–Crippen MR) is 36.2 cm³/mol. The Bertz CT molecular complexity index is 142. The molecule has 1 nitrogen and oxygen atoms in total. The van der Waals surface area contributed by atoms with Gasteiger partial charge in [0.1, 0.15) is 0 Å². The molecule has 0 radical (unpaired) electrons. The van der Waals surface area contributed by atoms with Crippen molar-refractivity contribution < 1.29 is 4.74 Å². The van der Waals surface area contributed by atoms with Crippen LogP contribution < -0.4 is 0 Å². The van der Waals surface area contributed by atoms with Gasteiger partial charge in [0.25, 0.3) is 0 Å². The van der Waals surface area contributed by atoms with Gasteiger partial charge in [-0.15, -0.1) is 6.58 Å². The molecule has 0 aromatic heterocycles. The number of fused-ring (bicyclic) bond motifs is 1. The van der Waals surface area contributed by atoms with Crippen molar-refractivity contribution in [2.75, 3.05) is 6.61 Å². The number of hydrogen-bond donors (Lipinski definition) is 0. The average molecular weight is 124 g/mol. The highest BCUT2D eigenvalue weighted by molar-refractivity contribution is 5.17. The third kappa shape index (κ3) is 0.645. The summed E-state index contributed by atoms with van der Waals surface area (Å²) in [6, 6.07) is 0. The second kappa shape index (κ2) is 1.60. The van der Waals surface area contributed by atoms with Crippen molar-refractivity contribution in [1.82, 2.24) is 0 Å². The van der Waals surface area contributed by atoms with E-state index in [2.05, 4.69) is 6.58 Å². The second-order valence-electron chi connectivity index (χ2n) is 3.05. The molecule has 1 heterocycles. The van der Waals surface area contributed by atoms with E-state index in [4.69, 9.17) is 4.74 Å². The molecule has 0 N–H and O–H groups in total. The topological polar surface area (TPSA) is 9.23 Å². The molecule has 2 rings (SSSR count). The van der Waals surface area contributed by atoms with Crippen LogP contribution in [0.25, 0.3) is 0 Å². The van der Waals surface area contributed by atoms with E-state index < -0.39 is 0 Å². The van der Waals surface area contributed by atoms with Crippen LogP contribution in [-0.2, 0) is 4.74 Å². The molecule has 9 heavy (non-hydrogen) atoms. The van der Waals surface area contributed by atoms with Gasteiger partial charge in [-0.1, -0.05) is 6.08 Å². The molecule has 0 spiro atoms. The van der Waals surface area contributed by atoms with Gasteiger partial charge in [0.15, 0.2) is 0 Å². The smallest absolute Gasteiger partial charge is 0.0892 e. The fraction of sp³-hybridized carbons (Fsp3) is 0.750. The largest absolute Gasteiger partial charge is 0.371 e. The monoisotopic (exact) mass is 124 g/mol. The summed E-state index contributed by atoms with van der Waals surface area (Å²) in [5, 5.41) is 0. The molecule has 2 unspecified atom stereocenters.